The van der Waals surface area contributed by atoms with E-state index in [9.17, 15) is 9.90 Å². The predicted octanol–water partition coefficient (Wildman–Crippen LogP) is 3.36. The third kappa shape index (κ3) is 4.55. The molecule has 0 atom stereocenters. The summed E-state index contributed by atoms with van der Waals surface area (Å²) in [6.45, 7) is 5.49. The second-order valence-corrected chi connectivity index (χ2v) is 6.32. The van der Waals surface area contributed by atoms with Crippen LogP contribution in [0.15, 0.2) is 58.4 Å². The number of nitrogens with one attached hydrogen (secondary N) is 1. The molecular formula is C21H24N4O3. The maximum absolute atomic E-state index is 12.9. The van der Waals surface area contributed by atoms with Gasteiger partial charge in [-0.2, -0.15) is 5.10 Å². The molecule has 1 heterocycles. The summed E-state index contributed by atoms with van der Waals surface area (Å²) >= 11 is 0. The van der Waals surface area contributed by atoms with Crippen molar-refractivity contribution in [2.45, 2.75) is 26.8 Å². The lowest BCUT2D eigenvalue weighted by Crippen LogP contribution is -2.25. The highest BCUT2D eigenvalue weighted by atomic mass is 16.5. The highest BCUT2D eigenvalue weighted by Gasteiger charge is 2.10. The number of benzene rings is 2. The van der Waals surface area contributed by atoms with Gasteiger partial charge in [0.1, 0.15) is 5.75 Å². The number of hydrazone groups is 1. The van der Waals surface area contributed by atoms with Gasteiger partial charge in [0.15, 0.2) is 0 Å². The summed E-state index contributed by atoms with van der Waals surface area (Å²) in [5.74, 6) is 0.585. The molecule has 0 aliphatic heterocycles. The SMILES string of the molecule is CCOCCCn1c(N/N=C(\C)c2ccc(O)cc2)nc2ccccc2c1=O. The van der Waals surface area contributed by atoms with Gasteiger partial charge in [0.05, 0.1) is 16.6 Å². The second kappa shape index (κ2) is 9.14. The maximum Gasteiger partial charge on any atom is 0.262 e. The van der Waals surface area contributed by atoms with E-state index in [4.69, 9.17) is 4.74 Å². The van der Waals surface area contributed by atoms with Crippen LogP contribution >= 0.6 is 0 Å². The summed E-state index contributed by atoms with van der Waals surface area (Å²) in [5, 5.41) is 14.4. The van der Waals surface area contributed by atoms with Crippen LogP contribution in [-0.4, -0.2) is 33.6 Å². The summed E-state index contributed by atoms with van der Waals surface area (Å²) in [5.41, 5.74) is 5.02. The van der Waals surface area contributed by atoms with E-state index >= 15 is 0 Å². The lowest BCUT2D eigenvalue weighted by Gasteiger charge is -2.13. The van der Waals surface area contributed by atoms with E-state index in [0.29, 0.717) is 48.7 Å². The van der Waals surface area contributed by atoms with Crippen LogP contribution in [-0.2, 0) is 11.3 Å². The van der Waals surface area contributed by atoms with E-state index in [1.807, 2.05) is 32.0 Å². The van der Waals surface area contributed by atoms with Crippen LogP contribution in [0, 0.1) is 0 Å². The van der Waals surface area contributed by atoms with Crippen molar-refractivity contribution < 1.29 is 9.84 Å². The van der Waals surface area contributed by atoms with Crippen molar-refractivity contribution in [2.75, 3.05) is 18.6 Å². The number of aromatic hydroxyl groups is 1. The highest BCUT2D eigenvalue weighted by molar-refractivity contribution is 5.99. The minimum absolute atomic E-state index is 0.109. The van der Waals surface area contributed by atoms with Crippen LogP contribution in [0.3, 0.4) is 0 Å². The Morgan fingerprint density at radius 3 is 2.71 bits per heavy atom. The molecule has 0 bridgehead atoms. The molecule has 0 saturated heterocycles. The first-order valence-electron chi connectivity index (χ1n) is 9.27. The fraction of sp³-hybridized carbons (Fsp3) is 0.286. The zero-order valence-electron chi connectivity index (χ0n) is 16.1. The van der Waals surface area contributed by atoms with Gasteiger partial charge in [-0.25, -0.2) is 10.4 Å². The van der Waals surface area contributed by atoms with Crippen LogP contribution in [0.4, 0.5) is 5.95 Å². The van der Waals surface area contributed by atoms with Crippen molar-refractivity contribution in [2.24, 2.45) is 5.10 Å². The fourth-order valence-corrected chi connectivity index (χ4v) is 2.83. The number of fused-ring (bicyclic) bond motifs is 1. The van der Waals surface area contributed by atoms with Crippen molar-refractivity contribution in [1.82, 2.24) is 9.55 Å². The monoisotopic (exact) mass is 380 g/mol. The maximum atomic E-state index is 12.9. The lowest BCUT2D eigenvalue weighted by molar-refractivity contribution is 0.141. The summed E-state index contributed by atoms with van der Waals surface area (Å²) in [6.07, 6.45) is 0.698. The molecule has 0 radical (unpaired) electrons. The smallest absolute Gasteiger partial charge is 0.262 e. The van der Waals surface area contributed by atoms with Gasteiger partial charge in [-0.1, -0.05) is 12.1 Å². The number of hydrogen-bond donors (Lipinski definition) is 2. The second-order valence-electron chi connectivity index (χ2n) is 6.32. The van der Waals surface area contributed by atoms with Gasteiger partial charge >= 0.3 is 0 Å². The number of ether oxygens (including phenoxy) is 1. The largest absolute Gasteiger partial charge is 0.508 e. The van der Waals surface area contributed by atoms with Gasteiger partial charge < -0.3 is 9.84 Å². The number of aromatic nitrogens is 2. The Balaban J connectivity index is 1.92. The van der Waals surface area contributed by atoms with E-state index in [1.165, 1.54) is 0 Å². The quantitative estimate of drug-likeness (QED) is 0.355. The van der Waals surface area contributed by atoms with Crippen LogP contribution < -0.4 is 11.0 Å². The standard InChI is InChI=1S/C21H24N4O3/c1-3-28-14-6-13-25-20(27)18-7-4-5-8-19(18)22-21(25)24-23-15(2)16-9-11-17(26)12-10-16/h4-5,7-12,26H,3,6,13-14H2,1-2H3,(H,22,24)/b23-15+. The molecule has 0 aliphatic carbocycles. The normalized spacial score (nSPS) is 11.7. The summed E-state index contributed by atoms with van der Waals surface area (Å²) in [4.78, 5) is 17.5. The average Bonchev–Trinajstić information content (AvgIpc) is 2.71. The number of hydrogen-bond acceptors (Lipinski definition) is 6. The molecule has 146 valence electrons. The summed E-state index contributed by atoms with van der Waals surface area (Å²) in [6, 6.07) is 14.0. The van der Waals surface area contributed by atoms with Crippen LogP contribution in [0.25, 0.3) is 10.9 Å². The summed E-state index contributed by atoms with van der Waals surface area (Å²) in [7, 11) is 0. The summed E-state index contributed by atoms with van der Waals surface area (Å²) < 4.78 is 6.98. The van der Waals surface area contributed by atoms with Gasteiger partial charge in [0, 0.05) is 19.8 Å². The minimum Gasteiger partial charge on any atom is -0.508 e. The van der Waals surface area contributed by atoms with Gasteiger partial charge in [0.25, 0.3) is 5.56 Å². The Bertz CT molecular complexity index is 1030. The Labute approximate surface area is 163 Å². The molecule has 3 aromatic rings. The first-order valence-corrected chi connectivity index (χ1v) is 9.27. The molecule has 2 N–H and O–H groups in total. The molecule has 3 rings (SSSR count). The number of para-hydroxylation sites is 1. The number of anilines is 1. The van der Waals surface area contributed by atoms with E-state index in [0.717, 1.165) is 5.56 Å². The third-order valence-electron chi connectivity index (χ3n) is 4.34. The molecule has 7 heteroatoms. The highest BCUT2D eigenvalue weighted by Crippen LogP contribution is 2.13. The lowest BCUT2D eigenvalue weighted by atomic mass is 10.1. The molecule has 0 unspecified atom stereocenters. The van der Waals surface area contributed by atoms with E-state index in [-0.39, 0.29) is 11.3 Å². The number of rotatable bonds is 8. The Hall–Kier alpha value is -3.19. The van der Waals surface area contributed by atoms with Gasteiger partial charge in [0.2, 0.25) is 5.95 Å². The molecule has 0 saturated carbocycles. The average molecular weight is 380 g/mol. The van der Waals surface area contributed by atoms with E-state index < -0.39 is 0 Å². The topological polar surface area (TPSA) is 88.7 Å². The predicted molar refractivity (Wildman–Crippen MR) is 111 cm³/mol. The minimum atomic E-state index is -0.109. The molecule has 28 heavy (non-hydrogen) atoms. The zero-order valence-corrected chi connectivity index (χ0v) is 16.1. The van der Waals surface area contributed by atoms with Crippen molar-refractivity contribution in [3.8, 4) is 5.75 Å². The van der Waals surface area contributed by atoms with Gasteiger partial charge in [-0.05, 0) is 62.2 Å². The van der Waals surface area contributed by atoms with Crippen LogP contribution in [0.1, 0.15) is 25.8 Å². The van der Waals surface area contributed by atoms with Crippen LogP contribution in [0.2, 0.25) is 0 Å². The molecule has 2 aromatic carbocycles. The third-order valence-corrected chi connectivity index (χ3v) is 4.34. The molecule has 0 spiro atoms. The number of nitrogens with zero attached hydrogens (tertiary/aromatic N) is 3. The fourth-order valence-electron chi connectivity index (χ4n) is 2.83. The van der Waals surface area contributed by atoms with Crippen molar-refractivity contribution >= 4 is 22.6 Å². The van der Waals surface area contributed by atoms with E-state index in [2.05, 4.69) is 15.5 Å². The molecule has 0 amide bonds. The number of phenolic OH excluding ortho intramolecular Hbond substituents is 1. The Morgan fingerprint density at radius 1 is 1.21 bits per heavy atom. The molecule has 0 aliphatic rings. The molecular weight excluding hydrogens is 356 g/mol. The first kappa shape index (κ1) is 19.6. The zero-order chi connectivity index (χ0) is 19.9. The van der Waals surface area contributed by atoms with Gasteiger partial charge in [-0.15, -0.1) is 0 Å². The Morgan fingerprint density at radius 2 is 1.96 bits per heavy atom. The van der Waals surface area contributed by atoms with Crippen molar-refractivity contribution in [3.63, 3.8) is 0 Å². The number of phenols is 1. The first-order chi connectivity index (χ1) is 13.6. The molecule has 0 fully saturated rings. The van der Waals surface area contributed by atoms with Crippen molar-refractivity contribution in [1.29, 1.82) is 0 Å². The molecule has 7 nitrogen and oxygen atoms in total. The van der Waals surface area contributed by atoms with Crippen LogP contribution in [0.5, 0.6) is 5.75 Å². The Kier molecular flexibility index (Phi) is 6.39. The molecule has 1 aromatic heterocycles. The van der Waals surface area contributed by atoms with Crippen molar-refractivity contribution in [3.05, 3.63) is 64.4 Å². The van der Waals surface area contributed by atoms with E-state index in [1.54, 1.807) is 34.9 Å². The van der Waals surface area contributed by atoms with Gasteiger partial charge in [-0.3, -0.25) is 9.36 Å².